The zero-order chi connectivity index (χ0) is 17.6. The number of aromatic nitrogens is 3. The van der Waals surface area contributed by atoms with Crippen LogP contribution in [0.1, 0.15) is 16.2 Å². The molecule has 1 aliphatic rings. The molecular weight excluding hydrogens is 358 g/mol. The maximum Gasteiger partial charge on any atom is 0.276 e. The molecule has 1 aliphatic heterocycles. The number of aliphatic hydroxyl groups excluding tert-OH is 1. The van der Waals surface area contributed by atoms with Crippen molar-refractivity contribution in [2.75, 3.05) is 26.2 Å². The van der Waals surface area contributed by atoms with Gasteiger partial charge in [0.25, 0.3) is 5.91 Å². The molecule has 0 aromatic carbocycles. The molecule has 2 atom stereocenters. The first-order valence-electron chi connectivity index (χ1n) is 8.19. The zero-order valence-electron chi connectivity index (χ0n) is 14.2. The highest BCUT2D eigenvalue weighted by atomic mass is 35.5. The van der Waals surface area contributed by atoms with Crippen LogP contribution in [0.5, 0.6) is 5.75 Å². The van der Waals surface area contributed by atoms with Crippen molar-refractivity contribution in [1.82, 2.24) is 19.9 Å². The Labute approximate surface area is 157 Å². The summed E-state index contributed by atoms with van der Waals surface area (Å²) < 4.78 is 5.50. The Kier molecular flexibility index (Phi) is 7.26. The number of nitrogens with two attached hydrogens (primary N) is 1. The lowest BCUT2D eigenvalue weighted by atomic mass is 10.0. The molecule has 0 unspecified atom stereocenters. The number of aliphatic hydroxyl groups is 1. The van der Waals surface area contributed by atoms with E-state index < -0.39 is 6.10 Å². The third kappa shape index (κ3) is 4.66. The highest BCUT2D eigenvalue weighted by Gasteiger charge is 2.35. The maximum absolute atomic E-state index is 12.8. The van der Waals surface area contributed by atoms with E-state index in [9.17, 15) is 9.90 Å². The van der Waals surface area contributed by atoms with Gasteiger partial charge in [-0.3, -0.25) is 14.8 Å². The fourth-order valence-corrected chi connectivity index (χ4v) is 2.91. The van der Waals surface area contributed by atoms with Gasteiger partial charge in [0.1, 0.15) is 6.61 Å². The molecule has 1 fully saturated rings. The Morgan fingerprint density at radius 3 is 2.88 bits per heavy atom. The first-order valence-corrected chi connectivity index (χ1v) is 8.19. The molecular formula is C17H22ClN5O3. The van der Waals surface area contributed by atoms with Gasteiger partial charge in [0.05, 0.1) is 11.8 Å². The molecule has 2 aromatic rings. The summed E-state index contributed by atoms with van der Waals surface area (Å²) in [6, 6.07) is 3.40. The van der Waals surface area contributed by atoms with Crippen molar-refractivity contribution < 1.29 is 14.6 Å². The maximum atomic E-state index is 12.8. The lowest BCUT2D eigenvalue weighted by Crippen LogP contribution is -2.31. The van der Waals surface area contributed by atoms with Gasteiger partial charge in [-0.15, -0.1) is 12.4 Å². The number of hydrogen-bond donors (Lipinski definition) is 2. The number of nitrogens with zero attached hydrogens (tertiary/aromatic N) is 4. The quantitative estimate of drug-likeness (QED) is 0.742. The summed E-state index contributed by atoms with van der Waals surface area (Å²) in [6.45, 7) is 1.36. The van der Waals surface area contributed by atoms with Crippen molar-refractivity contribution in [1.29, 1.82) is 0 Å². The average molecular weight is 380 g/mol. The van der Waals surface area contributed by atoms with E-state index in [2.05, 4.69) is 15.0 Å². The first-order chi connectivity index (χ1) is 12.2. The van der Waals surface area contributed by atoms with Crippen molar-refractivity contribution in [3.05, 3.63) is 48.3 Å². The van der Waals surface area contributed by atoms with E-state index >= 15 is 0 Å². The van der Waals surface area contributed by atoms with E-state index in [0.29, 0.717) is 31.9 Å². The minimum atomic E-state index is -0.608. The number of likely N-dealkylation sites (tertiary alicyclic amines) is 1. The van der Waals surface area contributed by atoms with Gasteiger partial charge in [-0.2, -0.15) is 0 Å². The summed E-state index contributed by atoms with van der Waals surface area (Å²) >= 11 is 0. The van der Waals surface area contributed by atoms with E-state index in [1.807, 2.05) is 0 Å². The highest BCUT2D eigenvalue weighted by Crippen LogP contribution is 2.24. The van der Waals surface area contributed by atoms with Crippen LogP contribution >= 0.6 is 12.4 Å². The zero-order valence-corrected chi connectivity index (χ0v) is 15.0. The summed E-state index contributed by atoms with van der Waals surface area (Å²) in [5, 5.41) is 10.3. The molecule has 9 heteroatoms. The Hall–Kier alpha value is -2.29. The predicted octanol–water partition coefficient (Wildman–Crippen LogP) is 0.306. The van der Waals surface area contributed by atoms with Gasteiger partial charge in [-0.05, 0) is 18.6 Å². The van der Waals surface area contributed by atoms with Crippen LogP contribution < -0.4 is 10.5 Å². The molecule has 140 valence electrons. The fourth-order valence-electron chi connectivity index (χ4n) is 2.91. The van der Waals surface area contributed by atoms with Gasteiger partial charge in [-0.25, -0.2) is 4.98 Å². The van der Waals surface area contributed by atoms with Gasteiger partial charge in [0.15, 0.2) is 11.4 Å². The number of β-amino-alcohol motifs (C(OH)–C–C–N with tert-alkyl or cyclic N) is 1. The topological polar surface area (TPSA) is 114 Å². The summed E-state index contributed by atoms with van der Waals surface area (Å²) in [7, 11) is 0. The Balaban J connectivity index is 0.00000243. The van der Waals surface area contributed by atoms with Crippen LogP contribution in [-0.4, -0.2) is 63.2 Å². The Morgan fingerprint density at radius 2 is 2.15 bits per heavy atom. The normalized spacial score (nSPS) is 19.1. The lowest BCUT2D eigenvalue weighted by molar-refractivity contribution is 0.0754. The van der Waals surface area contributed by atoms with Crippen molar-refractivity contribution >= 4 is 18.3 Å². The Bertz CT molecular complexity index is 719. The molecule has 0 bridgehead atoms. The molecule has 0 radical (unpaired) electrons. The summed E-state index contributed by atoms with van der Waals surface area (Å²) in [4.78, 5) is 26.8. The van der Waals surface area contributed by atoms with Crippen LogP contribution in [0.25, 0.3) is 0 Å². The fraction of sp³-hybridized carbons (Fsp3) is 0.412. The second-order valence-corrected chi connectivity index (χ2v) is 5.93. The number of pyridine rings is 1. The minimum Gasteiger partial charge on any atom is -0.490 e. The lowest BCUT2D eigenvalue weighted by Gasteiger charge is -2.17. The number of amides is 1. The number of carbonyl (C=O) groups is 1. The third-order valence-electron chi connectivity index (χ3n) is 4.13. The number of carbonyl (C=O) groups excluding carboxylic acids is 1. The van der Waals surface area contributed by atoms with Crippen molar-refractivity contribution in [2.24, 2.45) is 11.7 Å². The third-order valence-corrected chi connectivity index (χ3v) is 4.13. The van der Waals surface area contributed by atoms with Crippen LogP contribution in [0.15, 0.2) is 36.9 Å². The standard InChI is InChI=1S/C17H21N5O3.ClH/c18-3-7-25-15-2-1-4-21-16(15)17(24)22-10-12(14(23)11-22)8-13-9-19-5-6-20-13;/h1-2,4-6,9,12,14,23H,3,7-8,10-11,18H2;1H/t12-,14-;/m1./s1. The van der Waals surface area contributed by atoms with Crippen LogP contribution in [0.4, 0.5) is 0 Å². The SMILES string of the molecule is Cl.NCCOc1cccnc1C(=O)N1C[C@@H](Cc2cnccn2)[C@H](O)C1. The van der Waals surface area contributed by atoms with Crippen molar-refractivity contribution in [3.8, 4) is 5.75 Å². The summed E-state index contributed by atoms with van der Waals surface area (Å²) in [6.07, 6.45) is 6.41. The molecule has 8 nitrogen and oxygen atoms in total. The van der Waals surface area contributed by atoms with Crippen molar-refractivity contribution in [2.45, 2.75) is 12.5 Å². The smallest absolute Gasteiger partial charge is 0.276 e. The molecule has 0 spiro atoms. The van der Waals surface area contributed by atoms with Gasteiger partial charge in [-0.1, -0.05) is 0 Å². The Morgan fingerprint density at radius 1 is 1.31 bits per heavy atom. The molecule has 3 heterocycles. The second kappa shape index (κ2) is 9.42. The largest absolute Gasteiger partial charge is 0.490 e. The van der Waals surface area contributed by atoms with Crippen LogP contribution in [0.3, 0.4) is 0 Å². The van der Waals surface area contributed by atoms with E-state index in [0.717, 1.165) is 5.69 Å². The van der Waals surface area contributed by atoms with Gasteiger partial charge < -0.3 is 20.5 Å². The van der Waals surface area contributed by atoms with E-state index in [1.165, 1.54) is 0 Å². The molecule has 1 amide bonds. The van der Waals surface area contributed by atoms with Gasteiger partial charge >= 0.3 is 0 Å². The minimum absolute atomic E-state index is 0. The highest BCUT2D eigenvalue weighted by molar-refractivity contribution is 5.95. The summed E-state index contributed by atoms with van der Waals surface area (Å²) in [5.41, 5.74) is 6.49. The van der Waals surface area contributed by atoms with Crippen LogP contribution in [0.2, 0.25) is 0 Å². The van der Waals surface area contributed by atoms with Gasteiger partial charge in [0, 0.05) is 50.3 Å². The van der Waals surface area contributed by atoms with Crippen LogP contribution in [0, 0.1) is 5.92 Å². The number of rotatable bonds is 6. The monoisotopic (exact) mass is 379 g/mol. The number of ether oxygens (including phenoxy) is 1. The first kappa shape index (κ1) is 20.0. The van der Waals surface area contributed by atoms with E-state index in [4.69, 9.17) is 10.5 Å². The molecule has 3 N–H and O–H groups in total. The predicted molar refractivity (Wildman–Crippen MR) is 97.2 cm³/mol. The van der Waals surface area contributed by atoms with Crippen molar-refractivity contribution in [3.63, 3.8) is 0 Å². The molecule has 3 rings (SSSR count). The summed E-state index contributed by atoms with van der Waals surface area (Å²) in [5.74, 6) is 0.0657. The average Bonchev–Trinajstić information content (AvgIpc) is 3.01. The molecule has 1 saturated heterocycles. The van der Waals surface area contributed by atoms with Crippen LogP contribution in [-0.2, 0) is 6.42 Å². The van der Waals surface area contributed by atoms with E-state index in [1.54, 1.807) is 41.8 Å². The second-order valence-electron chi connectivity index (χ2n) is 5.93. The molecule has 26 heavy (non-hydrogen) atoms. The molecule has 0 saturated carbocycles. The molecule has 0 aliphatic carbocycles. The number of halogens is 1. The van der Waals surface area contributed by atoms with E-state index in [-0.39, 0.29) is 36.5 Å². The number of hydrogen-bond acceptors (Lipinski definition) is 7. The molecule has 2 aromatic heterocycles. The van der Waals surface area contributed by atoms with Gasteiger partial charge in [0.2, 0.25) is 0 Å².